The zero-order valence-corrected chi connectivity index (χ0v) is 18.6. The number of hydrogen-bond acceptors (Lipinski definition) is 6. The van der Waals surface area contributed by atoms with Crippen molar-refractivity contribution in [2.75, 3.05) is 19.0 Å². The second kappa shape index (κ2) is 8.93. The highest BCUT2D eigenvalue weighted by Gasteiger charge is 2.35. The van der Waals surface area contributed by atoms with Crippen LogP contribution in [0.25, 0.3) is 10.6 Å². The lowest BCUT2D eigenvalue weighted by atomic mass is 10.1. The predicted molar refractivity (Wildman–Crippen MR) is 119 cm³/mol. The first kappa shape index (κ1) is 20.5. The number of nitrogens with zero attached hydrogens (tertiary/aromatic N) is 3. The van der Waals surface area contributed by atoms with Crippen molar-refractivity contribution in [2.24, 2.45) is 0 Å². The molecule has 0 radical (unpaired) electrons. The number of methoxy groups -OCH3 is 1. The van der Waals surface area contributed by atoms with Crippen LogP contribution in [0.4, 0.5) is 5.13 Å². The van der Waals surface area contributed by atoms with Crippen LogP contribution in [0, 0.1) is 0 Å². The van der Waals surface area contributed by atoms with E-state index in [1.54, 1.807) is 24.1 Å². The molecule has 3 aromatic rings. The number of halogens is 1. The van der Waals surface area contributed by atoms with Crippen LogP contribution in [-0.2, 0) is 4.79 Å². The molecule has 1 aromatic heterocycles. The standard InChI is InChI=1S/C21H19BrN4O3S/c1-29-16-9-7-13(8-10-16)19-24-25-21(30-19)23-18(27)17-6-3-11-26(17)20(28)14-4-2-5-15(22)12-14/h2,4-5,7-10,12,17H,3,6,11H2,1H3,(H,23,25,27). The quantitative estimate of drug-likeness (QED) is 0.583. The molecule has 1 atom stereocenters. The van der Waals surface area contributed by atoms with Gasteiger partial charge in [-0.2, -0.15) is 0 Å². The van der Waals surface area contributed by atoms with E-state index in [9.17, 15) is 9.59 Å². The monoisotopic (exact) mass is 486 g/mol. The van der Waals surface area contributed by atoms with Crippen molar-refractivity contribution in [3.05, 3.63) is 58.6 Å². The van der Waals surface area contributed by atoms with E-state index in [4.69, 9.17) is 4.74 Å². The predicted octanol–water partition coefficient (Wildman–Crippen LogP) is 4.22. The maximum atomic E-state index is 12.9. The Hall–Kier alpha value is -2.78. The van der Waals surface area contributed by atoms with Gasteiger partial charge in [0.25, 0.3) is 5.91 Å². The van der Waals surface area contributed by atoms with Crippen LogP contribution in [0.1, 0.15) is 23.2 Å². The van der Waals surface area contributed by atoms with Gasteiger partial charge in [0.2, 0.25) is 11.0 Å². The minimum Gasteiger partial charge on any atom is -0.497 e. The first-order chi connectivity index (χ1) is 14.5. The van der Waals surface area contributed by atoms with Gasteiger partial charge < -0.3 is 9.64 Å². The third-order valence-electron chi connectivity index (χ3n) is 4.88. The molecule has 1 fully saturated rings. The number of ether oxygens (including phenoxy) is 1. The van der Waals surface area contributed by atoms with Gasteiger partial charge in [-0.05, 0) is 55.3 Å². The van der Waals surface area contributed by atoms with Gasteiger partial charge >= 0.3 is 0 Å². The van der Waals surface area contributed by atoms with E-state index in [-0.39, 0.29) is 11.8 Å². The minimum atomic E-state index is -0.523. The lowest BCUT2D eigenvalue weighted by Crippen LogP contribution is -2.43. The number of carbonyl (C=O) groups is 2. The molecule has 7 nitrogen and oxygen atoms in total. The molecular weight excluding hydrogens is 468 g/mol. The van der Waals surface area contributed by atoms with Crippen LogP contribution in [0.15, 0.2) is 53.0 Å². The number of amides is 2. The van der Waals surface area contributed by atoms with Crippen LogP contribution in [0.3, 0.4) is 0 Å². The van der Waals surface area contributed by atoms with Gasteiger partial charge in [-0.25, -0.2) is 0 Å². The Bertz CT molecular complexity index is 1070. The fourth-order valence-corrected chi connectivity index (χ4v) is 4.53. The average molecular weight is 487 g/mol. The topological polar surface area (TPSA) is 84.4 Å². The van der Waals surface area contributed by atoms with Gasteiger partial charge in [0.05, 0.1) is 7.11 Å². The molecule has 2 heterocycles. The molecular formula is C21H19BrN4O3S. The van der Waals surface area contributed by atoms with Crippen molar-refractivity contribution in [3.8, 4) is 16.3 Å². The van der Waals surface area contributed by atoms with E-state index < -0.39 is 6.04 Å². The highest BCUT2D eigenvalue weighted by atomic mass is 79.9. The summed E-state index contributed by atoms with van der Waals surface area (Å²) in [6.45, 7) is 0.552. The number of carbonyl (C=O) groups excluding carboxylic acids is 2. The molecule has 154 valence electrons. The molecule has 30 heavy (non-hydrogen) atoms. The SMILES string of the molecule is COc1ccc(-c2nnc(NC(=O)C3CCCN3C(=O)c3cccc(Br)c3)s2)cc1. The summed E-state index contributed by atoms with van der Waals surface area (Å²) in [6, 6.07) is 14.1. The van der Waals surface area contributed by atoms with Crippen molar-refractivity contribution >= 4 is 44.2 Å². The molecule has 1 unspecified atom stereocenters. The summed E-state index contributed by atoms with van der Waals surface area (Å²) >= 11 is 4.68. The van der Waals surface area contributed by atoms with E-state index in [0.29, 0.717) is 28.7 Å². The van der Waals surface area contributed by atoms with Gasteiger partial charge in [-0.15, -0.1) is 10.2 Å². The Morgan fingerprint density at radius 2 is 2.00 bits per heavy atom. The number of benzene rings is 2. The van der Waals surface area contributed by atoms with Gasteiger partial charge in [0, 0.05) is 22.1 Å². The number of likely N-dealkylation sites (tertiary alicyclic amines) is 1. The van der Waals surface area contributed by atoms with Crippen LogP contribution in [0.5, 0.6) is 5.75 Å². The van der Waals surface area contributed by atoms with E-state index in [1.165, 1.54) is 11.3 Å². The highest BCUT2D eigenvalue weighted by molar-refractivity contribution is 9.10. The van der Waals surface area contributed by atoms with Crippen LogP contribution < -0.4 is 10.1 Å². The zero-order valence-electron chi connectivity index (χ0n) is 16.2. The fraction of sp³-hybridized carbons (Fsp3) is 0.238. The van der Waals surface area contributed by atoms with Gasteiger partial charge in [0.1, 0.15) is 16.8 Å². The Balaban J connectivity index is 1.45. The number of rotatable bonds is 5. The van der Waals surface area contributed by atoms with Crippen molar-refractivity contribution in [1.29, 1.82) is 0 Å². The maximum absolute atomic E-state index is 12.9. The number of aromatic nitrogens is 2. The van der Waals surface area contributed by atoms with Crippen LogP contribution in [-0.4, -0.2) is 46.6 Å². The molecule has 4 rings (SSSR count). The average Bonchev–Trinajstić information content (AvgIpc) is 3.43. The van der Waals surface area contributed by atoms with Crippen molar-refractivity contribution in [1.82, 2.24) is 15.1 Å². The third-order valence-corrected chi connectivity index (χ3v) is 6.26. The summed E-state index contributed by atoms with van der Waals surface area (Å²) in [5.74, 6) is 0.367. The summed E-state index contributed by atoms with van der Waals surface area (Å²) in [6.07, 6.45) is 1.40. The van der Waals surface area contributed by atoms with Crippen molar-refractivity contribution in [3.63, 3.8) is 0 Å². The number of anilines is 1. The zero-order chi connectivity index (χ0) is 21.1. The third kappa shape index (κ3) is 4.36. The Morgan fingerprint density at radius 3 is 2.73 bits per heavy atom. The summed E-state index contributed by atoms with van der Waals surface area (Å²) in [4.78, 5) is 27.4. The molecule has 0 spiro atoms. The normalized spacial score (nSPS) is 15.8. The van der Waals surface area contributed by atoms with Crippen molar-refractivity contribution in [2.45, 2.75) is 18.9 Å². The van der Waals surface area contributed by atoms with Gasteiger partial charge in [-0.1, -0.05) is 33.3 Å². The molecule has 1 aliphatic heterocycles. The Morgan fingerprint density at radius 1 is 1.20 bits per heavy atom. The van der Waals surface area contributed by atoms with Crippen LogP contribution in [0.2, 0.25) is 0 Å². The van der Waals surface area contributed by atoms with E-state index in [2.05, 4.69) is 31.4 Å². The smallest absolute Gasteiger partial charge is 0.254 e. The molecule has 0 bridgehead atoms. The van der Waals surface area contributed by atoms with E-state index >= 15 is 0 Å². The first-order valence-corrected chi connectivity index (χ1v) is 11.0. The van der Waals surface area contributed by atoms with Crippen molar-refractivity contribution < 1.29 is 14.3 Å². The molecule has 1 saturated heterocycles. The molecule has 9 heteroatoms. The lowest BCUT2D eigenvalue weighted by molar-refractivity contribution is -0.119. The summed E-state index contributed by atoms with van der Waals surface area (Å²) in [7, 11) is 1.61. The second-order valence-electron chi connectivity index (χ2n) is 6.80. The largest absolute Gasteiger partial charge is 0.497 e. The van der Waals surface area contributed by atoms with E-state index in [0.717, 1.165) is 22.2 Å². The Kier molecular flexibility index (Phi) is 6.10. The molecule has 2 aromatic carbocycles. The molecule has 0 aliphatic carbocycles. The van der Waals surface area contributed by atoms with Gasteiger partial charge in [0.15, 0.2) is 0 Å². The Labute approximate surface area is 186 Å². The van der Waals surface area contributed by atoms with Gasteiger partial charge in [-0.3, -0.25) is 14.9 Å². The molecule has 1 aliphatic rings. The second-order valence-corrected chi connectivity index (χ2v) is 8.69. The first-order valence-electron chi connectivity index (χ1n) is 9.40. The highest BCUT2D eigenvalue weighted by Crippen LogP contribution is 2.29. The molecule has 0 saturated carbocycles. The molecule has 2 amide bonds. The van der Waals surface area contributed by atoms with E-state index in [1.807, 2.05) is 36.4 Å². The fourth-order valence-electron chi connectivity index (χ4n) is 3.38. The number of hydrogen-bond donors (Lipinski definition) is 1. The maximum Gasteiger partial charge on any atom is 0.254 e. The minimum absolute atomic E-state index is 0.148. The summed E-state index contributed by atoms with van der Waals surface area (Å²) < 4.78 is 5.99. The summed E-state index contributed by atoms with van der Waals surface area (Å²) in [5.41, 5.74) is 1.45. The van der Waals surface area contributed by atoms with Crippen LogP contribution >= 0.6 is 27.3 Å². The number of nitrogens with one attached hydrogen (secondary N) is 1. The summed E-state index contributed by atoms with van der Waals surface area (Å²) in [5, 5.41) is 12.2. The molecule has 1 N–H and O–H groups in total. The lowest BCUT2D eigenvalue weighted by Gasteiger charge is -2.23.